The van der Waals surface area contributed by atoms with Crippen LogP contribution in [-0.2, 0) is 27.4 Å². The summed E-state index contributed by atoms with van der Waals surface area (Å²) in [6.45, 7) is 1.51. The van der Waals surface area contributed by atoms with Crippen molar-refractivity contribution in [1.29, 1.82) is 0 Å². The number of hydrogen-bond donors (Lipinski definition) is 0. The summed E-state index contributed by atoms with van der Waals surface area (Å²) in [6.07, 6.45) is 3.58. The molecular weight excluding hydrogens is 388 g/mol. The van der Waals surface area contributed by atoms with Gasteiger partial charge in [-0.2, -0.15) is 0 Å². The van der Waals surface area contributed by atoms with Crippen LogP contribution in [0.1, 0.15) is 22.8 Å². The van der Waals surface area contributed by atoms with Crippen molar-refractivity contribution in [2.24, 2.45) is 0 Å². The minimum atomic E-state index is -0.214. The van der Waals surface area contributed by atoms with Crippen molar-refractivity contribution in [2.45, 2.75) is 31.5 Å². The van der Waals surface area contributed by atoms with Crippen LogP contribution in [0.4, 0.5) is 0 Å². The Morgan fingerprint density at radius 2 is 1.48 bits per heavy atom. The van der Waals surface area contributed by atoms with E-state index in [4.69, 9.17) is 18.9 Å². The van der Waals surface area contributed by atoms with Crippen LogP contribution in [0.5, 0.6) is 5.75 Å². The van der Waals surface area contributed by atoms with E-state index in [1.54, 1.807) is 7.11 Å². The maximum Gasteiger partial charge on any atom is 0.119 e. The molecule has 3 atom stereocenters. The molecule has 0 spiro atoms. The largest absolute Gasteiger partial charge is 0.497 e. The molecule has 0 unspecified atom stereocenters. The molecule has 4 nitrogen and oxygen atoms in total. The summed E-state index contributed by atoms with van der Waals surface area (Å²) in [7, 11) is 1.67. The van der Waals surface area contributed by atoms with E-state index in [9.17, 15) is 0 Å². The number of methoxy groups -OCH3 is 1. The monoisotopic (exact) mass is 416 g/mol. The highest BCUT2D eigenvalue weighted by Gasteiger charge is 2.29. The zero-order valence-corrected chi connectivity index (χ0v) is 17.7. The Morgan fingerprint density at radius 3 is 2.19 bits per heavy atom. The molecule has 0 N–H and O–H groups in total. The quantitative estimate of drug-likeness (QED) is 0.432. The molecule has 0 radical (unpaired) electrons. The van der Waals surface area contributed by atoms with Crippen molar-refractivity contribution >= 4 is 0 Å². The Kier molecular flexibility index (Phi) is 7.51. The van der Waals surface area contributed by atoms with E-state index >= 15 is 0 Å². The van der Waals surface area contributed by atoms with E-state index in [-0.39, 0.29) is 18.3 Å². The van der Waals surface area contributed by atoms with E-state index in [0.717, 1.165) is 22.4 Å². The van der Waals surface area contributed by atoms with Crippen molar-refractivity contribution in [3.05, 3.63) is 114 Å². The van der Waals surface area contributed by atoms with Gasteiger partial charge in [0.2, 0.25) is 0 Å². The summed E-state index contributed by atoms with van der Waals surface area (Å²) in [5.41, 5.74) is 3.32. The maximum atomic E-state index is 6.42. The van der Waals surface area contributed by atoms with E-state index in [1.165, 1.54) is 0 Å². The molecule has 3 aromatic rings. The molecule has 0 aromatic heterocycles. The highest BCUT2D eigenvalue weighted by atomic mass is 16.6. The third kappa shape index (κ3) is 6.05. The average molecular weight is 417 g/mol. The fourth-order valence-corrected chi connectivity index (χ4v) is 3.58. The Balaban J connectivity index is 1.44. The number of rotatable bonds is 9. The average Bonchev–Trinajstić information content (AvgIpc) is 2.84. The molecule has 0 saturated carbocycles. The van der Waals surface area contributed by atoms with Crippen molar-refractivity contribution in [2.75, 3.05) is 13.7 Å². The van der Waals surface area contributed by atoms with Gasteiger partial charge in [0, 0.05) is 0 Å². The lowest BCUT2D eigenvalue weighted by molar-refractivity contribution is -0.120. The van der Waals surface area contributed by atoms with Gasteiger partial charge in [0.05, 0.1) is 26.9 Å². The topological polar surface area (TPSA) is 36.9 Å². The van der Waals surface area contributed by atoms with Crippen LogP contribution in [0.2, 0.25) is 0 Å². The Labute approximate surface area is 184 Å². The van der Waals surface area contributed by atoms with Crippen LogP contribution in [-0.4, -0.2) is 25.9 Å². The van der Waals surface area contributed by atoms with Gasteiger partial charge in [-0.05, 0) is 28.8 Å². The molecule has 4 rings (SSSR count). The predicted molar refractivity (Wildman–Crippen MR) is 121 cm³/mol. The second kappa shape index (κ2) is 10.9. The van der Waals surface area contributed by atoms with Gasteiger partial charge in [-0.3, -0.25) is 0 Å². The molecule has 31 heavy (non-hydrogen) atoms. The summed E-state index contributed by atoms with van der Waals surface area (Å²) < 4.78 is 24.0. The first-order valence-electron chi connectivity index (χ1n) is 10.6. The summed E-state index contributed by atoms with van der Waals surface area (Å²) >= 11 is 0. The van der Waals surface area contributed by atoms with Crippen molar-refractivity contribution < 1.29 is 18.9 Å². The lowest BCUT2D eigenvalue weighted by Crippen LogP contribution is -2.38. The Hall–Kier alpha value is -2.92. The minimum Gasteiger partial charge on any atom is -0.497 e. The molecule has 0 amide bonds. The summed E-state index contributed by atoms with van der Waals surface area (Å²) in [5.74, 6) is 0.814. The summed E-state index contributed by atoms with van der Waals surface area (Å²) in [6, 6.07) is 28.3. The van der Waals surface area contributed by atoms with Crippen LogP contribution in [0.25, 0.3) is 0 Å². The highest BCUT2D eigenvalue weighted by molar-refractivity contribution is 5.32. The van der Waals surface area contributed by atoms with Gasteiger partial charge in [-0.15, -0.1) is 0 Å². The van der Waals surface area contributed by atoms with Gasteiger partial charge in [-0.1, -0.05) is 84.9 Å². The van der Waals surface area contributed by atoms with Crippen LogP contribution in [0.15, 0.2) is 97.1 Å². The second-order valence-corrected chi connectivity index (χ2v) is 7.52. The standard InChI is InChI=1S/C27H28O4/c1-28-24-14-8-13-23(17-24)25-15-16-26(30-19-22-11-6-3-7-12-22)27(31-25)20-29-18-21-9-4-2-5-10-21/h2-17,25-27H,18-20H2,1H3/t25-,26+,27-/m1/s1. The minimum absolute atomic E-state index is 0.169. The van der Waals surface area contributed by atoms with E-state index in [0.29, 0.717) is 19.8 Å². The lowest BCUT2D eigenvalue weighted by Gasteiger charge is -2.32. The van der Waals surface area contributed by atoms with Crippen molar-refractivity contribution in [3.8, 4) is 5.75 Å². The fraction of sp³-hybridized carbons (Fsp3) is 0.259. The van der Waals surface area contributed by atoms with Gasteiger partial charge in [0.15, 0.2) is 0 Å². The molecule has 1 aliphatic heterocycles. The van der Waals surface area contributed by atoms with Crippen LogP contribution in [0, 0.1) is 0 Å². The van der Waals surface area contributed by atoms with Crippen LogP contribution in [0.3, 0.4) is 0 Å². The van der Waals surface area contributed by atoms with Gasteiger partial charge in [0.1, 0.15) is 24.1 Å². The lowest BCUT2D eigenvalue weighted by atomic mass is 10.0. The van der Waals surface area contributed by atoms with E-state index in [2.05, 4.69) is 36.4 Å². The molecule has 0 saturated heterocycles. The van der Waals surface area contributed by atoms with Crippen molar-refractivity contribution in [3.63, 3.8) is 0 Å². The Bertz CT molecular complexity index is 955. The fourth-order valence-electron chi connectivity index (χ4n) is 3.58. The maximum absolute atomic E-state index is 6.42. The van der Waals surface area contributed by atoms with Crippen LogP contribution < -0.4 is 4.74 Å². The first-order chi connectivity index (χ1) is 15.3. The van der Waals surface area contributed by atoms with Gasteiger partial charge in [0.25, 0.3) is 0 Å². The number of ether oxygens (including phenoxy) is 4. The zero-order chi connectivity index (χ0) is 21.3. The van der Waals surface area contributed by atoms with Gasteiger partial charge in [-0.25, -0.2) is 0 Å². The summed E-state index contributed by atoms with van der Waals surface area (Å²) in [4.78, 5) is 0. The SMILES string of the molecule is COc1cccc([C@H]2C=C[C@H](OCc3ccccc3)[C@@H](COCc3ccccc3)O2)c1. The van der Waals surface area contributed by atoms with Crippen molar-refractivity contribution in [1.82, 2.24) is 0 Å². The normalized spacial score (nSPS) is 20.5. The third-order valence-corrected chi connectivity index (χ3v) is 5.26. The van der Waals surface area contributed by atoms with E-state index < -0.39 is 0 Å². The first-order valence-corrected chi connectivity index (χ1v) is 10.6. The molecular formula is C27H28O4. The van der Waals surface area contributed by atoms with Gasteiger partial charge < -0.3 is 18.9 Å². The zero-order valence-electron chi connectivity index (χ0n) is 17.7. The molecule has 4 heteroatoms. The number of hydrogen-bond acceptors (Lipinski definition) is 4. The molecule has 0 bridgehead atoms. The third-order valence-electron chi connectivity index (χ3n) is 5.26. The first kappa shape index (κ1) is 21.3. The predicted octanol–water partition coefficient (Wildman–Crippen LogP) is 5.49. The van der Waals surface area contributed by atoms with E-state index in [1.807, 2.05) is 60.7 Å². The highest BCUT2D eigenvalue weighted by Crippen LogP contribution is 2.30. The summed E-state index contributed by atoms with van der Waals surface area (Å²) in [5, 5.41) is 0. The van der Waals surface area contributed by atoms with Crippen LogP contribution >= 0.6 is 0 Å². The molecule has 3 aromatic carbocycles. The molecule has 1 aliphatic rings. The van der Waals surface area contributed by atoms with Gasteiger partial charge >= 0.3 is 0 Å². The molecule has 0 fully saturated rings. The molecule has 0 aliphatic carbocycles. The molecule has 1 heterocycles. The smallest absolute Gasteiger partial charge is 0.119 e. The number of benzene rings is 3. The molecule has 160 valence electrons. The Morgan fingerprint density at radius 1 is 0.774 bits per heavy atom. The second-order valence-electron chi connectivity index (χ2n) is 7.52.